The van der Waals surface area contributed by atoms with Gasteiger partial charge in [-0.3, -0.25) is 14.6 Å². The van der Waals surface area contributed by atoms with E-state index in [0.717, 1.165) is 25.9 Å². The van der Waals surface area contributed by atoms with Gasteiger partial charge in [-0.15, -0.1) is 0 Å². The number of carbonyl (C=O) groups is 1. The van der Waals surface area contributed by atoms with Crippen LogP contribution < -0.4 is 15.8 Å². The maximum Gasteiger partial charge on any atom is 0.290 e. The molecule has 2 aliphatic rings. The summed E-state index contributed by atoms with van der Waals surface area (Å²) in [6.07, 6.45) is 10.6. The van der Waals surface area contributed by atoms with E-state index < -0.39 is 0 Å². The number of rotatable bonds is 9. The summed E-state index contributed by atoms with van der Waals surface area (Å²) in [5.74, 6) is 1.58. The third kappa shape index (κ3) is 5.13. The predicted octanol–water partition coefficient (Wildman–Crippen LogP) is 0.814. The molecule has 10 heteroatoms. The molecule has 0 radical (unpaired) electrons. The third-order valence-corrected chi connectivity index (χ3v) is 5.69. The van der Waals surface area contributed by atoms with E-state index in [1.807, 2.05) is 25.1 Å². The van der Waals surface area contributed by atoms with Crippen molar-refractivity contribution in [2.45, 2.75) is 18.9 Å². The zero-order chi connectivity index (χ0) is 22.7. The number of hydrogen-bond donors (Lipinski definition) is 2. The lowest BCUT2D eigenvalue weighted by atomic mass is 10.1. The van der Waals surface area contributed by atoms with Crippen molar-refractivity contribution in [2.24, 2.45) is 5.92 Å². The van der Waals surface area contributed by atoms with Gasteiger partial charge in [-0.2, -0.15) is 0 Å². The maximum absolute atomic E-state index is 12.7. The fraction of sp³-hybridized carbons (Fsp3) is 0.500. The van der Waals surface area contributed by atoms with Gasteiger partial charge in [-0.1, -0.05) is 6.08 Å². The van der Waals surface area contributed by atoms with Crippen LogP contribution >= 0.6 is 0 Å². The Morgan fingerprint density at radius 2 is 2.03 bits per heavy atom. The van der Waals surface area contributed by atoms with Crippen molar-refractivity contribution in [2.75, 3.05) is 57.5 Å². The second-order valence-electron chi connectivity index (χ2n) is 8.64. The second kappa shape index (κ2) is 9.47. The normalized spacial score (nSPS) is 16.4. The molecule has 1 saturated heterocycles. The molecule has 1 saturated carbocycles. The fourth-order valence-corrected chi connectivity index (χ4v) is 3.62. The summed E-state index contributed by atoms with van der Waals surface area (Å²) in [5, 5.41) is 2.96. The number of hydrogen-bond acceptors (Lipinski definition) is 8. The highest BCUT2D eigenvalue weighted by Gasteiger charge is 2.38. The van der Waals surface area contributed by atoms with Gasteiger partial charge in [0, 0.05) is 45.5 Å². The summed E-state index contributed by atoms with van der Waals surface area (Å²) in [5.41, 5.74) is 0.906. The number of aromatic amines is 1. The molecule has 2 aromatic rings. The van der Waals surface area contributed by atoms with Crippen LogP contribution in [0.2, 0.25) is 0 Å². The summed E-state index contributed by atoms with van der Waals surface area (Å²) < 4.78 is 0. The zero-order valence-electron chi connectivity index (χ0n) is 18.8. The third-order valence-electron chi connectivity index (χ3n) is 5.69. The van der Waals surface area contributed by atoms with Gasteiger partial charge in [-0.05, 0) is 32.9 Å². The van der Waals surface area contributed by atoms with Gasteiger partial charge < -0.3 is 25.0 Å². The largest absolute Gasteiger partial charge is 0.372 e. The first-order valence-electron chi connectivity index (χ1n) is 10.9. The Kier molecular flexibility index (Phi) is 6.50. The summed E-state index contributed by atoms with van der Waals surface area (Å²) in [6, 6.07) is 0.0698. The molecule has 0 spiro atoms. The van der Waals surface area contributed by atoms with E-state index in [-0.39, 0.29) is 17.5 Å². The minimum atomic E-state index is -0.234. The fourth-order valence-electron chi connectivity index (χ4n) is 3.62. The molecule has 10 nitrogen and oxygen atoms in total. The number of carbonyl (C=O) groups excluding carboxylic acids is 1. The number of likely N-dealkylation sites (N-methyl/N-ethyl adjacent to an activating group) is 1. The quantitative estimate of drug-likeness (QED) is 0.554. The van der Waals surface area contributed by atoms with E-state index in [4.69, 9.17) is 0 Å². The number of likely N-dealkylation sites (tertiary alicyclic amines) is 1. The number of aromatic nitrogens is 4. The van der Waals surface area contributed by atoms with Crippen LogP contribution in [0.25, 0.3) is 11.4 Å². The highest BCUT2D eigenvalue weighted by Crippen LogP contribution is 2.33. The lowest BCUT2D eigenvalue weighted by Crippen LogP contribution is -2.62. The first-order valence-corrected chi connectivity index (χ1v) is 10.9. The number of nitrogens with one attached hydrogen (secondary N) is 2. The van der Waals surface area contributed by atoms with E-state index >= 15 is 0 Å². The van der Waals surface area contributed by atoms with Crippen molar-refractivity contribution < 1.29 is 4.79 Å². The van der Waals surface area contributed by atoms with Crippen LogP contribution in [-0.2, 0) is 4.79 Å². The van der Waals surface area contributed by atoms with Crippen LogP contribution in [0.15, 0.2) is 35.5 Å². The van der Waals surface area contributed by atoms with Crippen molar-refractivity contribution >= 4 is 17.5 Å². The van der Waals surface area contributed by atoms with Crippen LogP contribution in [-0.4, -0.2) is 89.0 Å². The summed E-state index contributed by atoms with van der Waals surface area (Å²) in [4.78, 5) is 47.2. The molecule has 1 amide bonds. The lowest BCUT2D eigenvalue weighted by Gasteiger charge is -2.45. The molecule has 0 unspecified atom stereocenters. The van der Waals surface area contributed by atoms with Gasteiger partial charge in [0.2, 0.25) is 5.91 Å². The molecule has 0 bridgehead atoms. The SMILES string of the molecule is CNc1cncc(-c2c[nH]c(=O)c(N(CC3CC3)C3CN(C(=O)C=CCN(C)C)C3)n2)n1. The number of nitrogens with zero attached hydrogens (tertiary/aromatic N) is 6. The molecule has 2 aromatic heterocycles. The second-order valence-corrected chi connectivity index (χ2v) is 8.64. The van der Waals surface area contributed by atoms with Crippen molar-refractivity contribution in [3.05, 3.63) is 41.1 Å². The number of H-pyrrole nitrogens is 1. The Morgan fingerprint density at radius 1 is 1.25 bits per heavy atom. The molecule has 32 heavy (non-hydrogen) atoms. The Balaban J connectivity index is 1.52. The van der Waals surface area contributed by atoms with E-state index in [2.05, 4.69) is 30.2 Å². The van der Waals surface area contributed by atoms with Crippen molar-refractivity contribution in [3.8, 4) is 11.4 Å². The van der Waals surface area contributed by atoms with Crippen molar-refractivity contribution in [1.29, 1.82) is 0 Å². The van der Waals surface area contributed by atoms with Gasteiger partial charge in [0.25, 0.3) is 5.56 Å². The first-order chi connectivity index (χ1) is 15.4. The van der Waals surface area contributed by atoms with Crippen LogP contribution in [0.5, 0.6) is 0 Å². The summed E-state index contributed by atoms with van der Waals surface area (Å²) in [6.45, 7) is 2.65. The van der Waals surface area contributed by atoms with Gasteiger partial charge in [0.1, 0.15) is 17.2 Å². The van der Waals surface area contributed by atoms with Crippen LogP contribution in [0.3, 0.4) is 0 Å². The molecule has 1 aliphatic carbocycles. The highest BCUT2D eigenvalue weighted by molar-refractivity contribution is 5.88. The average Bonchev–Trinajstić information content (AvgIpc) is 3.56. The van der Waals surface area contributed by atoms with Gasteiger partial charge >= 0.3 is 0 Å². The molecule has 2 fully saturated rings. The molecular weight excluding hydrogens is 408 g/mol. The molecule has 170 valence electrons. The molecule has 0 atom stereocenters. The van der Waals surface area contributed by atoms with Gasteiger partial charge in [-0.25, -0.2) is 9.97 Å². The lowest BCUT2D eigenvalue weighted by molar-refractivity contribution is -0.130. The Labute approximate surface area is 187 Å². The molecule has 1 aliphatic heterocycles. The molecular formula is C22H30N8O2. The van der Waals surface area contributed by atoms with Crippen molar-refractivity contribution in [1.82, 2.24) is 29.7 Å². The maximum atomic E-state index is 12.7. The predicted molar refractivity (Wildman–Crippen MR) is 124 cm³/mol. The molecule has 0 aromatic carbocycles. The first kappa shape index (κ1) is 21.9. The van der Waals surface area contributed by atoms with Crippen LogP contribution in [0, 0.1) is 5.92 Å². The minimum absolute atomic E-state index is 0.00393. The molecule has 4 rings (SSSR count). The van der Waals surface area contributed by atoms with E-state index in [1.165, 1.54) is 0 Å². The van der Waals surface area contributed by atoms with Crippen LogP contribution in [0.4, 0.5) is 11.6 Å². The number of amides is 1. The van der Waals surface area contributed by atoms with Gasteiger partial charge in [0.05, 0.1) is 18.4 Å². The molecule has 3 heterocycles. The smallest absolute Gasteiger partial charge is 0.290 e. The van der Waals surface area contributed by atoms with E-state index in [0.29, 0.717) is 42.0 Å². The Hall–Kier alpha value is -3.27. The van der Waals surface area contributed by atoms with Gasteiger partial charge in [0.15, 0.2) is 5.82 Å². The average molecular weight is 439 g/mol. The number of anilines is 2. The highest BCUT2D eigenvalue weighted by atomic mass is 16.2. The Morgan fingerprint density at radius 3 is 2.72 bits per heavy atom. The minimum Gasteiger partial charge on any atom is -0.372 e. The Bertz CT molecular complexity index is 1040. The summed E-state index contributed by atoms with van der Waals surface area (Å²) in [7, 11) is 5.70. The standard InChI is InChI=1S/C22H30N8O2/c1-23-19-11-24-9-17(26-19)18-10-25-22(32)21(27-18)30(12-15-6-7-15)16-13-29(14-16)20(31)5-4-8-28(2)3/h4-5,9-11,15-16H,6-8,12-14H2,1-3H3,(H,23,26)(H,25,32). The van der Waals surface area contributed by atoms with Crippen LogP contribution in [0.1, 0.15) is 12.8 Å². The van der Waals surface area contributed by atoms with Crippen molar-refractivity contribution in [3.63, 3.8) is 0 Å². The summed E-state index contributed by atoms with van der Waals surface area (Å²) >= 11 is 0. The zero-order valence-corrected chi connectivity index (χ0v) is 18.8. The molecule has 2 N–H and O–H groups in total. The van der Waals surface area contributed by atoms with E-state index in [9.17, 15) is 9.59 Å². The van der Waals surface area contributed by atoms with E-state index in [1.54, 1.807) is 36.6 Å². The topological polar surface area (TPSA) is 110 Å². The monoisotopic (exact) mass is 438 g/mol.